The average Bonchev–Trinajstić information content (AvgIpc) is 2.26. The van der Waals surface area contributed by atoms with Crippen molar-refractivity contribution in [2.75, 3.05) is 11.5 Å². The molecular weight excluding hydrogens is 226 g/mol. The molecule has 1 rings (SSSR count). The van der Waals surface area contributed by atoms with Gasteiger partial charge < -0.3 is 9.67 Å². The van der Waals surface area contributed by atoms with E-state index in [1.54, 1.807) is 0 Å². The molecule has 0 atom stereocenters. The van der Waals surface area contributed by atoms with Gasteiger partial charge in [-0.05, 0) is 24.0 Å². The van der Waals surface area contributed by atoms with Crippen molar-refractivity contribution in [3.8, 4) is 0 Å². The largest absolute Gasteiger partial charge is 0.478 e. The zero-order chi connectivity index (χ0) is 12.0. The van der Waals surface area contributed by atoms with Crippen molar-refractivity contribution in [2.45, 2.75) is 19.9 Å². The van der Waals surface area contributed by atoms with Crippen LogP contribution in [-0.4, -0.2) is 27.1 Å². The molecule has 0 aromatic carbocycles. The summed E-state index contributed by atoms with van der Waals surface area (Å²) in [5.74, 6) is 1.04. The fraction of sp³-hybridized carbons (Fsp3) is 0.455. The SMILES string of the molecule is CCSCCCn1cc(C(=O)O)ccc1=O. The number of aryl methyl sites for hydroxylation is 1. The number of hydrogen-bond acceptors (Lipinski definition) is 3. The highest BCUT2D eigenvalue weighted by molar-refractivity contribution is 7.99. The maximum absolute atomic E-state index is 11.4. The van der Waals surface area contributed by atoms with Crippen LogP contribution in [0.15, 0.2) is 23.1 Å². The number of hydrogen-bond donors (Lipinski definition) is 1. The summed E-state index contributed by atoms with van der Waals surface area (Å²) in [6.45, 7) is 2.66. The lowest BCUT2D eigenvalue weighted by molar-refractivity contribution is 0.0696. The van der Waals surface area contributed by atoms with E-state index in [0.29, 0.717) is 6.54 Å². The van der Waals surface area contributed by atoms with Gasteiger partial charge in [-0.25, -0.2) is 4.79 Å². The number of carboxylic acids is 1. The Morgan fingerprint density at radius 1 is 1.50 bits per heavy atom. The second-order valence-electron chi connectivity index (χ2n) is 3.31. The molecule has 0 saturated carbocycles. The molecule has 0 aliphatic heterocycles. The first-order valence-electron chi connectivity index (χ1n) is 5.16. The predicted molar refractivity (Wildman–Crippen MR) is 65.3 cm³/mol. The summed E-state index contributed by atoms with van der Waals surface area (Å²) in [7, 11) is 0. The molecule has 0 fully saturated rings. The van der Waals surface area contributed by atoms with E-state index in [1.165, 1.54) is 22.9 Å². The number of thioether (sulfide) groups is 1. The molecule has 0 spiro atoms. The van der Waals surface area contributed by atoms with Crippen molar-refractivity contribution in [3.63, 3.8) is 0 Å². The minimum Gasteiger partial charge on any atom is -0.478 e. The van der Waals surface area contributed by atoms with E-state index in [2.05, 4.69) is 6.92 Å². The van der Waals surface area contributed by atoms with E-state index in [0.717, 1.165) is 17.9 Å². The van der Waals surface area contributed by atoms with Gasteiger partial charge in [0.1, 0.15) is 0 Å². The molecule has 88 valence electrons. The maximum atomic E-state index is 11.4. The summed E-state index contributed by atoms with van der Waals surface area (Å²) in [5, 5.41) is 8.79. The Kier molecular flexibility index (Phi) is 5.11. The van der Waals surface area contributed by atoms with Gasteiger partial charge in [-0.1, -0.05) is 6.92 Å². The monoisotopic (exact) mass is 241 g/mol. The summed E-state index contributed by atoms with van der Waals surface area (Å²) in [5.41, 5.74) is 0.00856. The van der Waals surface area contributed by atoms with Gasteiger partial charge >= 0.3 is 5.97 Å². The third-order valence-corrected chi connectivity index (χ3v) is 3.11. The van der Waals surface area contributed by atoms with E-state index in [4.69, 9.17) is 5.11 Å². The number of pyridine rings is 1. The second-order valence-corrected chi connectivity index (χ2v) is 4.70. The molecule has 16 heavy (non-hydrogen) atoms. The van der Waals surface area contributed by atoms with Gasteiger partial charge in [0.2, 0.25) is 0 Å². The van der Waals surface area contributed by atoms with Crippen LogP contribution in [0.3, 0.4) is 0 Å². The van der Waals surface area contributed by atoms with Gasteiger partial charge in [0, 0.05) is 18.8 Å². The fourth-order valence-corrected chi connectivity index (χ4v) is 1.94. The summed E-state index contributed by atoms with van der Waals surface area (Å²) in [4.78, 5) is 22.1. The van der Waals surface area contributed by atoms with E-state index >= 15 is 0 Å². The zero-order valence-corrected chi connectivity index (χ0v) is 10.00. The minimum atomic E-state index is -1.00. The smallest absolute Gasteiger partial charge is 0.337 e. The maximum Gasteiger partial charge on any atom is 0.337 e. The lowest BCUT2D eigenvalue weighted by atomic mass is 10.3. The number of aromatic nitrogens is 1. The molecular formula is C11H15NO3S. The first-order valence-corrected chi connectivity index (χ1v) is 6.32. The zero-order valence-electron chi connectivity index (χ0n) is 9.18. The van der Waals surface area contributed by atoms with Crippen LogP contribution in [0.25, 0.3) is 0 Å². The molecule has 1 aromatic rings. The molecule has 0 aliphatic carbocycles. The molecule has 1 aromatic heterocycles. The second kappa shape index (κ2) is 6.37. The standard InChI is InChI=1S/C11H15NO3S/c1-2-16-7-3-6-12-8-9(11(14)15)4-5-10(12)13/h4-5,8H,2-3,6-7H2,1H3,(H,14,15). The van der Waals surface area contributed by atoms with Gasteiger partial charge in [0.25, 0.3) is 5.56 Å². The Labute approximate surface area is 98.3 Å². The van der Waals surface area contributed by atoms with Crippen molar-refractivity contribution >= 4 is 17.7 Å². The highest BCUT2D eigenvalue weighted by atomic mass is 32.2. The van der Waals surface area contributed by atoms with Crippen LogP contribution >= 0.6 is 11.8 Å². The van der Waals surface area contributed by atoms with E-state index in [9.17, 15) is 9.59 Å². The van der Waals surface area contributed by atoms with Crippen LogP contribution in [0, 0.1) is 0 Å². The topological polar surface area (TPSA) is 59.3 Å². The normalized spacial score (nSPS) is 10.3. The average molecular weight is 241 g/mol. The van der Waals surface area contributed by atoms with Crippen LogP contribution in [0.4, 0.5) is 0 Å². The van der Waals surface area contributed by atoms with Gasteiger partial charge in [-0.2, -0.15) is 11.8 Å². The molecule has 0 saturated heterocycles. The summed E-state index contributed by atoms with van der Waals surface area (Å²) in [6.07, 6.45) is 2.28. The number of nitrogens with zero attached hydrogens (tertiary/aromatic N) is 1. The summed E-state index contributed by atoms with van der Waals surface area (Å²) < 4.78 is 1.46. The Morgan fingerprint density at radius 2 is 2.25 bits per heavy atom. The van der Waals surface area contributed by atoms with Gasteiger partial charge in [0.05, 0.1) is 5.56 Å². The molecule has 4 nitrogen and oxygen atoms in total. The molecule has 5 heteroatoms. The van der Waals surface area contributed by atoms with E-state index < -0.39 is 5.97 Å². The van der Waals surface area contributed by atoms with Crippen molar-refractivity contribution in [1.82, 2.24) is 4.57 Å². The van der Waals surface area contributed by atoms with Crippen LogP contribution in [-0.2, 0) is 6.54 Å². The van der Waals surface area contributed by atoms with Crippen LogP contribution in [0.5, 0.6) is 0 Å². The van der Waals surface area contributed by atoms with Crippen molar-refractivity contribution < 1.29 is 9.90 Å². The molecule has 1 heterocycles. The van der Waals surface area contributed by atoms with Crippen LogP contribution in [0.2, 0.25) is 0 Å². The Balaban J connectivity index is 2.67. The van der Waals surface area contributed by atoms with E-state index in [-0.39, 0.29) is 11.1 Å². The van der Waals surface area contributed by atoms with E-state index in [1.807, 2.05) is 11.8 Å². The van der Waals surface area contributed by atoms with Gasteiger partial charge in [-0.3, -0.25) is 4.79 Å². The first kappa shape index (κ1) is 12.8. The third kappa shape index (κ3) is 3.73. The molecule has 0 unspecified atom stereocenters. The molecule has 0 bridgehead atoms. The van der Waals surface area contributed by atoms with Gasteiger partial charge in [0.15, 0.2) is 0 Å². The van der Waals surface area contributed by atoms with Crippen LogP contribution in [0.1, 0.15) is 23.7 Å². The molecule has 0 radical (unpaired) electrons. The first-order chi connectivity index (χ1) is 7.65. The number of rotatable bonds is 6. The molecule has 0 amide bonds. The predicted octanol–water partition coefficient (Wildman–Crippen LogP) is 1.69. The lowest BCUT2D eigenvalue weighted by Gasteiger charge is -2.05. The number of aromatic carboxylic acids is 1. The number of carbonyl (C=O) groups is 1. The third-order valence-electron chi connectivity index (χ3n) is 2.12. The highest BCUT2D eigenvalue weighted by Crippen LogP contribution is 2.03. The summed E-state index contributed by atoms with van der Waals surface area (Å²) in [6, 6.07) is 2.64. The van der Waals surface area contributed by atoms with Crippen molar-refractivity contribution in [3.05, 3.63) is 34.2 Å². The molecule has 1 N–H and O–H groups in total. The van der Waals surface area contributed by atoms with Crippen LogP contribution < -0.4 is 5.56 Å². The highest BCUT2D eigenvalue weighted by Gasteiger charge is 2.04. The Morgan fingerprint density at radius 3 is 2.88 bits per heavy atom. The van der Waals surface area contributed by atoms with Crippen molar-refractivity contribution in [1.29, 1.82) is 0 Å². The van der Waals surface area contributed by atoms with Gasteiger partial charge in [-0.15, -0.1) is 0 Å². The van der Waals surface area contributed by atoms with Crippen molar-refractivity contribution in [2.24, 2.45) is 0 Å². The quantitative estimate of drug-likeness (QED) is 0.770. The summed E-state index contributed by atoms with van der Waals surface area (Å²) >= 11 is 1.81. The minimum absolute atomic E-state index is 0.147. The Hall–Kier alpha value is -1.23. The fourth-order valence-electron chi connectivity index (χ4n) is 1.31. The lowest BCUT2D eigenvalue weighted by Crippen LogP contribution is -2.20. The molecule has 0 aliphatic rings. The number of carboxylic acid groups (broad SMARTS) is 1. The Bertz CT molecular complexity index is 414.